The van der Waals surface area contributed by atoms with Gasteiger partial charge in [0.05, 0.1) is 11.5 Å². The molecule has 0 spiro atoms. The number of carbonyl (C=O) groups is 3. The molecule has 1 saturated heterocycles. The summed E-state index contributed by atoms with van der Waals surface area (Å²) in [6.45, 7) is 0.238. The first-order chi connectivity index (χ1) is 12.1. The van der Waals surface area contributed by atoms with E-state index in [4.69, 9.17) is 9.47 Å². The Labute approximate surface area is 148 Å². The summed E-state index contributed by atoms with van der Waals surface area (Å²) < 4.78 is 10.1. The SMILES string of the molecule is O=C(NC(Cc1ccccc1)C(=O)OC1CCOC1=O)c1cccs1. The summed E-state index contributed by atoms with van der Waals surface area (Å²) in [7, 11) is 0. The quantitative estimate of drug-likeness (QED) is 0.797. The van der Waals surface area contributed by atoms with Gasteiger partial charge in [0.2, 0.25) is 6.10 Å². The van der Waals surface area contributed by atoms with Crippen molar-refractivity contribution in [1.29, 1.82) is 0 Å². The highest BCUT2D eigenvalue weighted by Crippen LogP contribution is 2.14. The summed E-state index contributed by atoms with van der Waals surface area (Å²) in [6, 6.07) is 11.9. The van der Waals surface area contributed by atoms with Crippen LogP contribution < -0.4 is 5.32 Å². The lowest BCUT2D eigenvalue weighted by Gasteiger charge is -2.19. The van der Waals surface area contributed by atoms with Crippen LogP contribution in [0.3, 0.4) is 0 Å². The average molecular weight is 359 g/mol. The predicted octanol–water partition coefficient (Wildman–Crippen LogP) is 1.95. The lowest BCUT2D eigenvalue weighted by Crippen LogP contribution is -2.44. The van der Waals surface area contributed by atoms with Gasteiger partial charge >= 0.3 is 11.9 Å². The third kappa shape index (κ3) is 4.45. The van der Waals surface area contributed by atoms with E-state index in [1.54, 1.807) is 17.5 Å². The Morgan fingerprint density at radius 2 is 2.04 bits per heavy atom. The van der Waals surface area contributed by atoms with Gasteiger partial charge < -0.3 is 14.8 Å². The van der Waals surface area contributed by atoms with Gasteiger partial charge in [-0.15, -0.1) is 11.3 Å². The van der Waals surface area contributed by atoms with Gasteiger partial charge in [-0.25, -0.2) is 9.59 Å². The van der Waals surface area contributed by atoms with E-state index in [9.17, 15) is 14.4 Å². The summed E-state index contributed by atoms with van der Waals surface area (Å²) in [6.07, 6.45) is -0.288. The molecule has 3 rings (SSSR count). The van der Waals surface area contributed by atoms with E-state index in [0.717, 1.165) is 5.56 Å². The molecule has 0 bridgehead atoms. The van der Waals surface area contributed by atoms with Crippen molar-refractivity contribution in [2.24, 2.45) is 0 Å². The van der Waals surface area contributed by atoms with E-state index in [0.29, 0.717) is 11.3 Å². The van der Waals surface area contributed by atoms with Crippen LogP contribution >= 0.6 is 11.3 Å². The van der Waals surface area contributed by atoms with Crippen molar-refractivity contribution in [3.05, 3.63) is 58.3 Å². The maximum absolute atomic E-state index is 12.5. The molecule has 1 N–H and O–H groups in total. The molecule has 2 aromatic rings. The molecule has 1 fully saturated rings. The van der Waals surface area contributed by atoms with E-state index < -0.39 is 24.1 Å². The van der Waals surface area contributed by atoms with Gasteiger partial charge in [-0.1, -0.05) is 36.4 Å². The van der Waals surface area contributed by atoms with Crippen LogP contribution in [0.15, 0.2) is 47.8 Å². The summed E-state index contributed by atoms with van der Waals surface area (Å²) >= 11 is 1.29. The molecule has 2 atom stereocenters. The van der Waals surface area contributed by atoms with Gasteiger partial charge in [-0.3, -0.25) is 4.79 Å². The number of benzene rings is 1. The zero-order valence-corrected chi connectivity index (χ0v) is 14.2. The molecule has 1 aromatic heterocycles. The number of cyclic esters (lactones) is 1. The maximum atomic E-state index is 12.5. The summed E-state index contributed by atoms with van der Waals surface area (Å²) in [4.78, 5) is 36.8. The van der Waals surface area contributed by atoms with Gasteiger partial charge in [-0.2, -0.15) is 0 Å². The molecule has 1 aliphatic rings. The molecule has 0 saturated carbocycles. The van der Waals surface area contributed by atoms with Crippen LogP contribution in [0.25, 0.3) is 0 Å². The minimum Gasteiger partial charge on any atom is -0.463 e. The van der Waals surface area contributed by atoms with Crippen molar-refractivity contribution in [1.82, 2.24) is 5.32 Å². The molecule has 6 nitrogen and oxygen atoms in total. The molecule has 2 heterocycles. The van der Waals surface area contributed by atoms with E-state index >= 15 is 0 Å². The smallest absolute Gasteiger partial charge is 0.347 e. The molecule has 7 heteroatoms. The minimum absolute atomic E-state index is 0.238. The molecule has 2 unspecified atom stereocenters. The monoisotopic (exact) mass is 359 g/mol. The maximum Gasteiger partial charge on any atom is 0.347 e. The lowest BCUT2D eigenvalue weighted by atomic mass is 10.1. The topological polar surface area (TPSA) is 81.7 Å². The zero-order chi connectivity index (χ0) is 17.6. The standard InChI is InChI=1S/C18H17NO5S/c20-16(15-7-4-10-25-15)19-13(11-12-5-2-1-3-6-12)17(21)24-14-8-9-23-18(14)22/h1-7,10,13-14H,8-9,11H2,(H,19,20). The first kappa shape index (κ1) is 17.2. The first-order valence-corrected chi connectivity index (χ1v) is 8.77. The number of esters is 2. The normalized spacial score (nSPS) is 17.6. The molecular formula is C18H17NO5S. The highest BCUT2D eigenvalue weighted by atomic mass is 32.1. The van der Waals surface area contributed by atoms with Crippen LogP contribution in [0.1, 0.15) is 21.7 Å². The second-order valence-corrected chi connectivity index (χ2v) is 6.52. The number of hydrogen-bond donors (Lipinski definition) is 1. The fourth-order valence-electron chi connectivity index (χ4n) is 2.49. The van der Waals surface area contributed by atoms with Crippen LogP contribution in [-0.4, -0.2) is 36.6 Å². The van der Waals surface area contributed by atoms with Gasteiger partial charge in [0, 0.05) is 12.8 Å². The molecular weight excluding hydrogens is 342 g/mol. The molecule has 1 aliphatic heterocycles. The predicted molar refractivity (Wildman–Crippen MR) is 91.2 cm³/mol. The number of rotatable bonds is 6. The molecule has 1 aromatic carbocycles. The number of thiophene rings is 1. The third-order valence-corrected chi connectivity index (χ3v) is 4.63. The van der Waals surface area contributed by atoms with E-state index in [1.165, 1.54) is 11.3 Å². The number of amides is 1. The molecule has 1 amide bonds. The number of ether oxygens (including phenoxy) is 2. The summed E-state index contributed by atoms with van der Waals surface area (Å²) in [5.41, 5.74) is 0.880. The average Bonchev–Trinajstić information content (AvgIpc) is 3.28. The second kappa shape index (κ2) is 7.94. The highest BCUT2D eigenvalue weighted by Gasteiger charge is 2.33. The lowest BCUT2D eigenvalue weighted by molar-refractivity contribution is -0.161. The largest absolute Gasteiger partial charge is 0.463 e. The van der Waals surface area contributed by atoms with Gasteiger partial charge in [0.25, 0.3) is 5.91 Å². The molecule has 0 radical (unpaired) electrons. The second-order valence-electron chi connectivity index (χ2n) is 5.57. The number of hydrogen-bond acceptors (Lipinski definition) is 6. The van der Waals surface area contributed by atoms with Crippen molar-refractivity contribution in [2.75, 3.05) is 6.61 Å². The zero-order valence-electron chi connectivity index (χ0n) is 13.3. The van der Waals surface area contributed by atoms with Crippen molar-refractivity contribution in [2.45, 2.75) is 25.0 Å². The van der Waals surface area contributed by atoms with Crippen molar-refractivity contribution >= 4 is 29.2 Å². The van der Waals surface area contributed by atoms with E-state index in [1.807, 2.05) is 30.3 Å². The fraction of sp³-hybridized carbons (Fsp3) is 0.278. The molecule has 25 heavy (non-hydrogen) atoms. The summed E-state index contributed by atoms with van der Waals surface area (Å²) in [5.74, 6) is -1.53. The van der Waals surface area contributed by atoms with Crippen LogP contribution in [0.2, 0.25) is 0 Å². The number of carbonyl (C=O) groups excluding carboxylic acids is 3. The van der Waals surface area contributed by atoms with E-state index in [-0.39, 0.29) is 18.9 Å². The molecule has 0 aliphatic carbocycles. The molecule has 130 valence electrons. The Kier molecular flexibility index (Phi) is 5.45. The Balaban J connectivity index is 1.72. The van der Waals surface area contributed by atoms with Gasteiger partial charge in [-0.05, 0) is 17.0 Å². The first-order valence-electron chi connectivity index (χ1n) is 7.89. The van der Waals surface area contributed by atoms with Crippen LogP contribution in [0, 0.1) is 0 Å². The van der Waals surface area contributed by atoms with Crippen LogP contribution in [0.4, 0.5) is 0 Å². The Morgan fingerprint density at radius 3 is 2.68 bits per heavy atom. The third-order valence-electron chi connectivity index (χ3n) is 3.76. The Morgan fingerprint density at radius 1 is 1.24 bits per heavy atom. The van der Waals surface area contributed by atoms with Crippen LogP contribution in [-0.2, 0) is 25.5 Å². The van der Waals surface area contributed by atoms with E-state index in [2.05, 4.69) is 5.32 Å². The highest BCUT2D eigenvalue weighted by molar-refractivity contribution is 7.12. The van der Waals surface area contributed by atoms with Crippen molar-refractivity contribution < 1.29 is 23.9 Å². The fourth-order valence-corrected chi connectivity index (χ4v) is 3.11. The van der Waals surface area contributed by atoms with Crippen molar-refractivity contribution in [3.63, 3.8) is 0 Å². The van der Waals surface area contributed by atoms with Crippen LogP contribution in [0.5, 0.6) is 0 Å². The Hall–Kier alpha value is -2.67. The Bertz CT molecular complexity index is 744. The summed E-state index contributed by atoms with van der Waals surface area (Å²) in [5, 5.41) is 4.49. The van der Waals surface area contributed by atoms with Gasteiger partial charge in [0.15, 0.2) is 0 Å². The number of nitrogens with one attached hydrogen (secondary N) is 1. The minimum atomic E-state index is -0.899. The van der Waals surface area contributed by atoms with Gasteiger partial charge in [0.1, 0.15) is 6.04 Å². The van der Waals surface area contributed by atoms with Crippen molar-refractivity contribution in [3.8, 4) is 0 Å².